The number of hydrogen-bond donors (Lipinski definition) is 2. The zero-order valence-corrected chi connectivity index (χ0v) is 21.8. The fourth-order valence-electron chi connectivity index (χ4n) is 4.84. The van der Waals surface area contributed by atoms with E-state index in [1.807, 2.05) is 41.3 Å². The molecule has 2 N–H and O–H groups in total. The maximum Gasteiger partial charge on any atom is 0.247 e. The maximum atomic E-state index is 15.2. The number of nitrogens with one attached hydrogen (secondary N) is 2. The van der Waals surface area contributed by atoms with Crippen molar-refractivity contribution in [2.24, 2.45) is 0 Å². The standard InChI is InChI=1S/C30H30F2N6O/c1-3-13-37-14-16-38(17-15-37)25-12-11-24(27(31)28(25)32)35-30-33-19-21-8-6-10-23(29(21)36-30)20-7-5-9-22(18-20)34-26(39)4-2/h4-12,18-19H,2-3,13-17H2,1H3,(H,34,39)(H,33,35,36). The second-order valence-corrected chi connectivity index (χ2v) is 9.43. The lowest BCUT2D eigenvalue weighted by Gasteiger charge is -2.36. The van der Waals surface area contributed by atoms with Crippen LogP contribution in [0.4, 0.5) is 31.8 Å². The van der Waals surface area contributed by atoms with E-state index in [-0.39, 0.29) is 23.2 Å². The monoisotopic (exact) mass is 528 g/mol. The van der Waals surface area contributed by atoms with Gasteiger partial charge in [0.25, 0.3) is 0 Å². The third-order valence-corrected chi connectivity index (χ3v) is 6.80. The Hall–Kier alpha value is -4.37. The van der Waals surface area contributed by atoms with Gasteiger partial charge in [-0.05, 0) is 48.9 Å². The molecular weight excluding hydrogens is 498 g/mol. The van der Waals surface area contributed by atoms with Gasteiger partial charge in [-0.15, -0.1) is 0 Å². The Morgan fingerprint density at radius 3 is 2.62 bits per heavy atom. The van der Waals surface area contributed by atoms with Crippen LogP contribution in [-0.2, 0) is 4.79 Å². The van der Waals surface area contributed by atoms with Crippen LogP contribution in [0.2, 0.25) is 0 Å². The fraction of sp³-hybridized carbons (Fsp3) is 0.233. The molecule has 3 aromatic carbocycles. The van der Waals surface area contributed by atoms with Gasteiger partial charge in [-0.2, -0.15) is 0 Å². The van der Waals surface area contributed by atoms with Crippen molar-refractivity contribution in [3.8, 4) is 11.1 Å². The molecule has 0 aliphatic carbocycles. The van der Waals surface area contributed by atoms with E-state index in [0.717, 1.165) is 42.6 Å². The lowest BCUT2D eigenvalue weighted by molar-refractivity contribution is -0.111. The van der Waals surface area contributed by atoms with Crippen molar-refractivity contribution in [3.63, 3.8) is 0 Å². The lowest BCUT2D eigenvalue weighted by Crippen LogP contribution is -2.46. The Morgan fingerprint density at radius 1 is 1.05 bits per heavy atom. The van der Waals surface area contributed by atoms with Gasteiger partial charge in [-0.25, -0.2) is 18.7 Å². The van der Waals surface area contributed by atoms with Gasteiger partial charge in [0.15, 0.2) is 11.6 Å². The van der Waals surface area contributed by atoms with Crippen molar-refractivity contribution in [1.82, 2.24) is 14.9 Å². The molecule has 1 aromatic heterocycles. The van der Waals surface area contributed by atoms with Gasteiger partial charge in [0.2, 0.25) is 11.9 Å². The number of carbonyl (C=O) groups excluding carboxylic acids is 1. The highest BCUT2D eigenvalue weighted by Crippen LogP contribution is 2.32. The number of amides is 1. The summed E-state index contributed by atoms with van der Waals surface area (Å²) in [5.41, 5.74) is 3.10. The summed E-state index contributed by atoms with van der Waals surface area (Å²) in [6.45, 7) is 9.58. The van der Waals surface area contributed by atoms with E-state index in [4.69, 9.17) is 0 Å². The van der Waals surface area contributed by atoms with Crippen LogP contribution in [0.25, 0.3) is 22.0 Å². The molecule has 39 heavy (non-hydrogen) atoms. The number of aromatic nitrogens is 2. The van der Waals surface area contributed by atoms with Crippen LogP contribution in [0.5, 0.6) is 0 Å². The highest BCUT2D eigenvalue weighted by Gasteiger charge is 2.22. The second kappa shape index (κ2) is 11.6. The Morgan fingerprint density at radius 2 is 1.85 bits per heavy atom. The first kappa shape index (κ1) is 26.2. The van der Waals surface area contributed by atoms with Gasteiger partial charge in [0, 0.05) is 49.0 Å². The SMILES string of the molecule is C=CC(=O)Nc1cccc(-c2cccc3cnc(Nc4ccc(N5CCN(CCC)CC5)c(F)c4F)nc23)c1. The number of anilines is 4. The van der Waals surface area contributed by atoms with Crippen LogP contribution >= 0.6 is 0 Å². The van der Waals surface area contributed by atoms with E-state index in [9.17, 15) is 4.79 Å². The predicted octanol–water partition coefficient (Wildman–Crippen LogP) is 5.98. The molecule has 0 radical (unpaired) electrons. The summed E-state index contributed by atoms with van der Waals surface area (Å²) in [4.78, 5) is 24.9. The van der Waals surface area contributed by atoms with Gasteiger partial charge in [-0.1, -0.05) is 43.8 Å². The molecule has 1 aliphatic rings. The van der Waals surface area contributed by atoms with E-state index >= 15 is 8.78 Å². The molecule has 5 rings (SSSR count). The van der Waals surface area contributed by atoms with Crippen LogP contribution in [0, 0.1) is 11.6 Å². The number of hydrogen-bond acceptors (Lipinski definition) is 6. The van der Waals surface area contributed by atoms with Crippen LogP contribution in [-0.4, -0.2) is 53.5 Å². The zero-order valence-electron chi connectivity index (χ0n) is 21.8. The van der Waals surface area contributed by atoms with Crippen molar-refractivity contribution in [2.75, 3.05) is 48.3 Å². The molecule has 1 saturated heterocycles. The zero-order chi connectivity index (χ0) is 27.4. The van der Waals surface area contributed by atoms with E-state index < -0.39 is 11.6 Å². The second-order valence-electron chi connectivity index (χ2n) is 9.43. The summed E-state index contributed by atoms with van der Waals surface area (Å²) >= 11 is 0. The molecule has 0 bridgehead atoms. The Bertz CT molecular complexity index is 1520. The molecular formula is C30H30F2N6O. The molecule has 0 atom stereocenters. The lowest BCUT2D eigenvalue weighted by atomic mass is 10.0. The molecule has 1 amide bonds. The topological polar surface area (TPSA) is 73.4 Å². The van der Waals surface area contributed by atoms with Gasteiger partial charge >= 0.3 is 0 Å². The molecule has 0 spiro atoms. The summed E-state index contributed by atoms with van der Waals surface area (Å²) in [6, 6.07) is 16.2. The number of benzene rings is 3. The summed E-state index contributed by atoms with van der Waals surface area (Å²) in [5, 5.41) is 6.39. The third-order valence-electron chi connectivity index (χ3n) is 6.80. The highest BCUT2D eigenvalue weighted by atomic mass is 19.2. The third kappa shape index (κ3) is 5.73. The van der Waals surface area contributed by atoms with Gasteiger partial charge < -0.3 is 15.5 Å². The number of carbonyl (C=O) groups is 1. The maximum absolute atomic E-state index is 15.2. The average Bonchev–Trinajstić information content (AvgIpc) is 2.96. The molecule has 0 unspecified atom stereocenters. The first-order valence-electron chi connectivity index (χ1n) is 13.0. The van der Waals surface area contributed by atoms with Crippen LogP contribution in [0.15, 0.2) is 73.4 Å². The number of fused-ring (bicyclic) bond motifs is 1. The van der Waals surface area contributed by atoms with E-state index in [1.165, 1.54) is 12.1 Å². The molecule has 1 aliphatic heterocycles. The van der Waals surface area contributed by atoms with Gasteiger partial charge in [0.05, 0.1) is 16.9 Å². The van der Waals surface area contributed by atoms with Crippen molar-refractivity contribution in [3.05, 3.63) is 85.1 Å². The Kier molecular flexibility index (Phi) is 7.79. The minimum absolute atomic E-state index is 0.0353. The minimum atomic E-state index is -0.967. The summed E-state index contributed by atoms with van der Waals surface area (Å²) in [6.07, 6.45) is 3.91. The number of halogens is 2. The quantitative estimate of drug-likeness (QED) is 0.274. The molecule has 7 nitrogen and oxygen atoms in total. The smallest absolute Gasteiger partial charge is 0.247 e. The fourth-order valence-corrected chi connectivity index (χ4v) is 4.84. The van der Waals surface area contributed by atoms with Gasteiger partial charge in [-0.3, -0.25) is 9.69 Å². The summed E-state index contributed by atoms with van der Waals surface area (Å²) in [5.74, 6) is -2.02. The van der Waals surface area contributed by atoms with E-state index in [1.54, 1.807) is 18.3 Å². The van der Waals surface area contributed by atoms with Crippen LogP contribution in [0.1, 0.15) is 13.3 Å². The molecule has 2 heterocycles. The predicted molar refractivity (Wildman–Crippen MR) is 152 cm³/mol. The minimum Gasteiger partial charge on any atom is -0.367 e. The first-order valence-corrected chi connectivity index (χ1v) is 13.0. The van der Waals surface area contributed by atoms with Crippen molar-refractivity contribution < 1.29 is 13.6 Å². The Labute approximate surface area is 226 Å². The van der Waals surface area contributed by atoms with Crippen molar-refractivity contribution >= 4 is 39.8 Å². The van der Waals surface area contributed by atoms with Crippen LogP contribution < -0.4 is 15.5 Å². The average molecular weight is 529 g/mol. The molecule has 1 fully saturated rings. The van der Waals surface area contributed by atoms with Crippen LogP contribution in [0.3, 0.4) is 0 Å². The molecule has 9 heteroatoms. The molecule has 0 saturated carbocycles. The number of rotatable bonds is 8. The van der Waals surface area contributed by atoms with E-state index in [2.05, 4.69) is 39.0 Å². The first-order chi connectivity index (χ1) is 19.0. The number of piperazine rings is 1. The normalized spacial score (nSPS) is 13.9. The highest BCUT2D eigenvalue weighted by molar-refractivity contribution is 6.00. The van der Waals surface area contributed by atoms with Crippen molar-refractivity contribution in [2.45, 2.75) is 13.3 Å². The largest absolute Gasteiger partial charge is 0.367 e. The van der Waals surface area contributed by atoms with Crippen molar-refractivity contribution in [1.29, 1.82) is 0 Å². The molecule has 4 aromatic rings. The Balaban J connectivity index is 1.40. The number of para-hydroxylation sites is 1. The number of nitrogens with zero attached hydrogens (tertiary/aromatic N) is 4. The van der Waals surface area contributed by atoms with E-state index in [0.29, 0.717) is 24.3 Å². The van der Waals surface area contributed by atoms with Gasteiger partial charge in [0.1, 0.15) is 0 Å². The summed E-state index contributed by atoms with van der Waals surface area (Å²) in [7, 11) is 0. The molecule has 200 valence electrons. The summed E-state index contributed by atoms with van der Waals surface area (Å²) < 4.78 is 30.3.